The van der Waals surface area contributed by atoms with Crippen molar-refractivity contribution in [3.63, 3.8) is 0 Å². The zero-order valence-corrected chi connectivity index (χ0v) is 16.7. The van der Waals surface area contributed by atoms with Gasteiger partial charge in [0.15, 0.2) is 0 Å². The highest BCUT2D eigenvalue weighted by molar-refractivity contribution is 6.04. The summed E-state index contributed by atoms with van der Waals surface area (Å²) in [4.78, 5) is 12.5. The molecule has 2 aliphatic carbocycles. The first-order valence-corrected chi connectivity index (χ1v) is 10.4. The molecule has 0 heterocycles. The maximum Gasteiger partial charge on any atom is 0.255 e. The van der Waals surface area contributed by atoms with Gasteiger partial charge in [-0.25, -0.2) is 0 Å². The topological polar surface area (TPSA) is 61.4 Å². The fourth-order valence-electron chi connectivity index (χ4n) is 5.71. The molecule has 4 heteroatoms. The molecule has 1 amide bonds. The predicted molar refractivity (Wildman–Crippen MR) is 113 cm³/mol. The van der Waals surface area contributed by atoms with Crippen molar-refractivity contribution in [2.24, 2.45) is 17.8 Å². The van der Waals surface area contributed by atoms with E-state index in [1.54, 1.807) is 24.3 Å². The molecule has 28 heavy (non-hydrogen) atoms. The van der Waals surface area contributed by atoms with E-state index < -0.39 is 0 Å². The Hall–Kier alpha value is -2.33. The molecule has 2 aromatic carbocycles. The Morgan fingerprint density at radius 2 is 1.68 bits per heavy atom. The number of anilines is 2. The molecule has 0 aliphatic heterocycles. The number of rotatable bonds is 4. The van der Waals surface area contributed by atoms with E-state index in [-0.39, 0.29) is 11.3 Å². The molecular weight excluding hydrogens is 348 g/mol. The van der Waals surface area contributed by atoms with Gasteiger partial charge in [-0.2, -0.15) is 0 Å². The van der Waals surface area contributed by atoms with Crippen LogP contribution < -0.4 is 10.8 Å². The molecule has 3 N–H and O–H groups in total. The third-order valence-electron chi connectivity index (χ3n) is 6.71. The number of carbonyl (C=O) groups is 1. The van der Waals surface area contributed by atoms with Crippen LogP contribution in [0.1, 0.15) is 61.9 Å². The molecule has 0 radical (unpaired) electrons. The third-order valence-corrected chi connectivity index (χ3v) is 6.71. The van der Waals surface area contributed by atoms with E-state index >= 15 is 0 Å². The summed E-state index contributed by atoms with van der Waals surface area (Å²) in [6.45, 7) is 4.83. The van der Waals surface area contributed by atoms with E-state index in [4.69, 9.17) is 5.21 Å². The number of hydrogen-bond acceptors (Lipinski definition) is 3. The number of carbonyl (C=O) groups excluding carboxylic acids is 1. The van der Waals surface area contributed by atoms with Gasteiger partial charge in [0.05, 0.1) is 5.69 Å². The smallest absolute Gasteiger partial charge is 0.255 e. The molecule has 0 aromatic heterocycles. The van der Waals surface area contributed by atoms with Crippen molar-refractivity contribution < 1.29 is 10.0 Å². The lowest BCUT2D eigenvalue weighted by molar-refractivity contribution is 0.0899. The van der Waals surface area contributed by atoms with Crippen LogP contribution in [-0.2, 0) is 5.41 Å². The molecule has 4 rings (SSSR count). The van der Waals surface area contributed by atoms with Gasteiger partial charge >= 0.3 is 0 Å². The van der Waals surface area contributed by atoms with Gasteiger partial charge in [0.1, 0.15) is 0 Å². The molecule has 2 aliphatic rings. The van der Waals surface area contributed by atoms with Crippen molar-refractivity contribution in [1.29, 1.82) is 0 Å². The van der Waals surface area contributed by atoms with E-state index in [1.165, 1.54) is 37.7 Å². The van der Waals surface area contributed by atoms with E-state index in [0.29, 0.717) is 11.3 Å². The van der Waals surface area contributed by atoms with E-state index in [9.17, 15) is 4.79 Å². The second-order valence-electron chi connectivity index (χ2n) is 9.24. The summed E-state index contributed by atoms with van der Waals surface area (Å²) in [5.41, 5.74) is 5.50. The summed E-state index contributed by atoms with van der Waals surface area (Å²) < 4.78 is 0. The van der Waals surface area contributed by atoms with Crippen LogP contribution in [0.3, 0.4) is 0 Å². The predicted octanol–water partition coefficient (Wildman–Crippen LogP) is 5.84. The lowest BCUT2D eigenvalue weighted by Crippen LogP contribution is -2.38. The van der Waals surface area contributed by atoms with Crippen LogP contribution in [0.15, 0.2) is 48.5 Å². The Morgan fingerprint density at radius 1 is 1.00 bits per heavy atom. The Labute approximate surface area is 167 Å². The molecule has 2 atom stereocenters. The van der Waals surface area contributed by atoms with Crippen molar-refractivity contribution in [2.45, 2.75) is 51.4 Å². The number of amides is 1. The third kappa shape index (κ3) is 3.93. The minimum absolute atomic E-state index is 0.183. The summed E-state index contributed by atoms with van der Waals surface area (Å²) >= 11 is 0. The molecule has 2 unspecified atom stereocenters. The number of benzene rings is 2. The zero-order chi connectivity index (χ0) is 19.7. The lowest BCUT2D eigenvalue weighted by atomic mass is 9.57. The Kier molecular flexibility index (Phi) is 5.15. The van der Waals surface area contributed by atoms with E-state index in [1.807, 2.05) is 12.1 Å². The van der Waals surface area contributed by atoms with E-state index in [0.717, 1.165) is 23.4 Å². The van der Waals surface area contributed by atoms with Gasteiger partial charge < -0.3 is 5.32 Å². The highest BCUT2D eigenvalue weighted by atomic mass is 16.5. The van der Waals surface area contributed by atoms with Crippen LogP contribution in [0.25, 0.3) is 0 Å². The van der Waals surface area contributed by atoms with Gasteiger partial charge in [-0.1, -0.05) is 32.0 Å². The number of fused-ring (bicyclic) bond motifs is 2. The van der Waals surface area contributed by atoms with Gasteiger partial charge in [-0.05, 0) is 91.2 Å². The van der Waals surface area contributed by atoms with Crippen molar-refractivity contribution in [3.8, 4) is 0 Å². The summed E-state index contributed by atoms with van der Waals surface area (Å²) in [7, 11) is 0. The molecular formula is C24H30N2O2. The second kappa shape index (κ2) is 7.59. The molecule has 2 bridgehead atoms. The minimum atomic E-state index is -0.183. The monoisotopic (exact) mass is 378 g/mol. The molecule has 2 fully saturated rings. The van der Waals surface area contributed by atoms with Gasteiger partial charge in [0, 0.05) is 11.3 Å². The normalized spacial score (nSPS) is 29.2. The maximum absolute atomic E-state index is 12.5. The number of nitrogens with one attached hydrogen (secondary N) is 2. The highest BCUT2D eigenvalue weighted by Crippen LogP contribution is 2.51. The van der Waals surface area contributed by atoms with Crippen LogP contribution in [-0.4, -0.2) is 11.1 Å². The van der Waals surface area contributed by atoms with E-state index in [2.05, 4.69) is 36.8 Å². The van der Waals surface area contributed by atoms with Crippen molar-refractivity contribution >= 4 is 17.3 Å². The highest BCUT2D eigenvalue weighted by Gasteiger charge is 2.41. The first-order valence-electron chi connectivity index (χ1n) is 10.4. The van der Waals surface area contributed by atoms with Crippen LogP contribution in [0.4, 0.5) is 11.4 Å². The first kappa shape index (κ1) is 19.0. The first-order chi connectivity index (χ1) is 13.4. The Balaban J connectivity index is 1.46. The van der Waals surface area contributed by atoms with Crippen molar-refractivity contribution in [3.05, 3.63) is 59.7 Å². The molecule has 4 nitrogen and oxygen atoms in total. The molecule has 2 aromatic rings. The molecule has 0 spiro atoms. The quantitative estimate of drug-likeness (QED) is 0.585. The van der Waals surface area contributed by atoms with Crippen LogP contribution in [0, 0.1) is 17.8 Å². The number of hydrogen-bond donors (Lipinski definition) is 3. The molecule has 148 valence electrons. The summed E-state index contributed by atoms with van der Waals surface area (Å²) in [6.07, 6.45) is 6.72. The minimum Gasteiger partial charge on any atom is -0.322 e. The van der Waals surface area contributed by atoms with Crippen molar-refractivity contribution in [2.75, 3.05) is 10.8 Å². The molecule has 0 saturated heterocycles. The van der Waals surface area contributed by atoms with Gasteiger partial charge in [-0.15, -0.1) is 0 Å². The maximum atomic E-state index is 12.5. The Bertz CT molecular complexity index is 828. The average molecular weight is 379 g/mol. The van der Waals surface area contributed by atoms with Crippen LogP contribution in [0.5, 0.6) is 0 Å². The fourth-order valence-corrected chi connectivity index (χ4v) is 5.71. The zero-order valence-electron chi connectivity index (χ0n) is 16.7. The lowest BCUT2D eigenvalue weighted by Gasteiger charge is -2.47. The standard InChI is InChI=1S/C24H30N2O2/c1-16-10-17-12-18(11-16)15-24(2,14-17)20-6-8-21(9-7-20)25-23(27)19-4-3-5-22(13-19)26-28/h3-9,13,16-18,26,28H,10-12,14-15H2,1-2H3,(H,25,27). The summed E-state index contributed by atoms with van der Waals surface area (Å²) in [5.74, 6) is 2.42. The summed E-state index contributed by atoms with van der Waals surface area (Å²) in [6, 6.07) is 15.2. The van der Waals surface area contributed by atoms with Gasteiger partial charge in [0.25, 0.3) is 5.91 Å². The second-order valence-corrected chi connectivity index (χ2v) is 9.24. The van der Waals surface area contributed by atoms with Crippen LogP contribution in [0.2, 0.25) is 0 Å². The average Bonchev–Trinajstić information content (AvgIpc) is 2.67. The van der Waals surface area contributed by atoms with Crippen LogP contribution >= 0.6 is 0 Å². The molecule has 2 saturated carbocycles. The van der Waals surface area contributed by atoms with Gasteiger partial charge in [0.2, 0.25) is 0 Å². The fraction of sp³-hybridized carbons (Fsp3) is 0.458. The van der Waals surface area contributed by atoms with Crippen molar-refractivity contribution in [1.82, 2.24) is 0 Å². The largest absolute Gasteiger partial charge is 0.322 e. The SMILES string of the molecule is CC1CC2CC(C1)CC(C)(c1ccc(NC(=O)c3cccc(NO)c3)cc1)C2. The Morgan fingerprint density at radius 3 is 2.32 bits per heavy atom. The van der Waals surface area contributed by atoms with Gasteiger partial charge in [-0.3, -0.25) is 15.5 Å². The summed E-state index contributed by atoms with van der Waals surface area (Å²) in [5, 5.41) is 12.0.